The van der Waals surface area contributed by atoms with Crippen molar-refractivity contribution in [3.8, 4) is 0 Å². The molecule has 0 fully saturated rings. The number of likely N-dealkylation sites (N-methyl/N-ethyl adjacent to an activating group) is 1. The molecule has 0 radical (unpaired) electrons. The SMILES string of the molecule is CNC(=O)C(C)N.OC(c1ccccc1)C(c1ccccn1)C(Nc1ccccn1)c1ccccc1. The van der Waals surface area contributed by atoms with E-state index in [2.05, 4.69) is 32.7 Å². The summed E-state index contributed by atoms with van der Waals surface area (Å²) in [7, 11) is 1.56. The number of pyridine rings is 2. The van der Waals surface area contributed by atoms with E-state index >= 15 is 0 Å². The maximum Gasteiger partial charge on any atom is 0.236 e. The number of nitrogens with two attached hydrogens (primary N) is 1. The molecule has 0 bridgehead atoms. The molecule has 0 saturated heterocycles. The monoisotopic (exact) mass is 483 g/mol. The van der Waals surface area contributed by atoms with Gasteiger partial charge in [0, 0.05) is 25.1 Å². The molecule has 5 N–H and O–H groups in total. The predicted octanol–water partition coefficient (Wildman–Crippen LogP) is 4.23. The predicted molar refractivity (Wildman–Crippen MR) is 143 cm³/mol. The summed E-state index contributed by atoms with van der Waals surface area (Å²) in [4.78, 5) is 19.3. The van der Waals surface area contributed by atoms with Crippen molar-refractivity contribution in [3.05, 3.63) is 126 Å². The first-order valence-corrected chi connectivity index (χ1v) is 11.8. The molecule has 4 unspecified atom stereocenters. The molecule has 7 heteroatoms. The van der Waals surface area contributed by atoms with Gasteiger partial charge in [-0.25, -0.2) is 4.98 Å². The van der Waals surface area contributed by atoms with Crippen LogP contribution in [0.1, 0.15) is 41.8 Å². The maximum atomic E-state index is 11.4. The van der Waals surface area contributed by atoms with Crippen LogP contribution in [0.2, 0.25) is 0 Å². The Kier molecular flexibility index (Phi) is 10.1. The minimum absolute atomic E-state index is 0.125. The molecule has 4 aromatic rings. The van der Waals surface area contributed by atoms with Crippen molar-refractivity contribution in [2.24, 2.45) is 5.73 Å². The Morgan fingerprint density at radius 2 is 1.36 bits per heavy atom. The third-order valence-corrected chi connectivity index (χ3v) is 5.66. The molecule has 0 aliphatic heterocycles. The molecular weight excluding hydrogens is 450 g/mol. The smallest absolute Gasteiger partial charge is 0.236 e. The van der Waals surface area contributed by atoms with Crippen LogP contribution in [0.4, 0.5) is 5.82 Å². The first-order valence-electron chi connectivity index (χ1n) is 11.8. The van der Waals surface area contributed by atoms with E-state index in [0.29, 0.717) is 0 Å². The third-order valence-electron chi connectivity index (χ3n) is 5.66. The van der Waals surface area contributed by atoms with Gasteiger partial charge in [0.25, 0.3) is 0 Å². The Hall–Kier alpha value is -4.07. The van der Waals surface area contributed by atoms with Gasteiger partial charge >= 0.3 is 0 Å². The van der Waals surface area contributed by atoms with Crippen LogP contribution in [0.25, 0.3) is 0 Å². The summed E-state index contributed by atoms with van der Waals surface area (Å²) in [5, 5.41) is 17.4. The van der Waals surface area contributed by atoms with Gasteiger partial charge in [-0.2, -0.15) is 0 Å². The Bertz CT molecular complexity index is 1160. The lowest BCUT2D eigenvalue weighted by Crippen LogP contribution is -2.35. The molecule has 36 heavy (non-hydrogen) atoms. The number of benzene rings is 2. The van der Waals surface area contributed by atoms with E-state index in [1.807, 2.05) is 84.9 Å². The van der Waals surface area contributed by atoms with Gasteiger partial charge in [-0.3, -0.25) is 9.78 Å². The summed E-state index contributed by atoms with van der Waals surface area (Å²) in [5.41, 5.74) is 7.87. The van der Waals surface area contributed by atoms with Crippen LogP contribution in [-0.4, -0.2) is 34.1 Å². The zero-order valence-electron chi connectivity index (χ0n) is 20.5. The highest BCUT2D eigenvalue weighted by Crippen LogP contribution is 2.41. The van der Waals surface area contributed by atoms with Crippen molar-refractivity contribution in [3.63, 3.8) is 0 Å². The van der Waals surface area contributed by atoms with Crippen molar-refractivity contribution in [2.45, 2.75) is 31.0 Å². The van der Waals surface area contributed by atoms with E-state index in [1.54, 1.807) is 26.4 Å². The topological polar surface area (TPSA) is 113 Å². The molecule has 4 atom stereocenters. The summed E-state index contributed by atoms with van der Waals surface area (Å²) in [6.45, 7) is 1.64. The summed E-state index contributed by atoms with van der Waals surface area (Å²) in [6, 6.07) is 30.8. The molecule has 7 nitrogen and oxygen atoms in total. The summed E-state index contributed by atoms with van der Waals surface area (Å²) in [6.07, 6.45) is 2.78. The van der Waals surface area contributed by atoms with Gasteiger partial charge in [0.2, 0.25) is 5.91 Å². The number of aliphatic hydroxyl groups excluding tert-OH is 1. The average molecular weight is 484 g/mol. The second-order valence-electron chi connectivity index (χ2n) is 8.29. The molecule has 1 amide bonds. The van der Waals surface area contributed by atoms with E-state index in [9.17, 15) is 9.90 Å². The first kappa shape index (κ1) is 26.5. The first-order chi connectivity index (χ1) is 17.5. The van der Waals surface area contributed by atoms with E-state index in [0.717, 1.165) is 22.6 Å². The van der Waals surface area contributed by atoms with Crippen LogP contribution in [0.5, 0.6) is 0 Å². The highest BCUT2D eigenvalue weighted by Gasteiger charge is 2.33. The lowest BCUT2D eigenvalue weighted by Gasteiger charge is -2.32. The van der Waals surface area contributed by atoms with Crippen LogP contribution in [-0.2, 0) is 4.79 Å². The number of hydrogen-bond acceptors (Lipinski definition) is 6. The Labute approximate surface area is 212 Å². The van der Waals surface area contributed by atoms with Gasteiger partial charge in [0.1, 0.15) is 5.82 Å². The molecule has 4 rings (SSSR count). The Balaban J connectivity index is 0.000000454. The van der Waals surface area contributed by atoms with Crippen LogP contribution in [0, 0.1) is 0 Å². The fourth-order valence-electron chi connectivity index (χ4n) is 3.82. The van der Waals surface area contributed by atoms with Gasteiger partial charge in [-0.05, 0) is 42.3 Å². The number of nitrogens with zero attached hydrogens (tertiary/aromatic N) is 2. The maximum absolute atomic E-state index is 11.4. The van der Waals surface area contributed by atoms with E-state index in [1.165, 1.54) is 0 Å². The number of aliphatic hydroxyl groups is 1. The number of carbonyl (C=O) groups is 1. The Morgan fingerprint density at radius 3 is 1.83 bits per heavy atom. The largest absolute Gasteiger partial charge is 0.388 e. The second kappa shape index (κ2) is 13.7. The number of amides is 1. The van der Waals surface area contributed by atoms with Crippen LogP contribution >= 0.6 is 0 Å². The number of anilines is 1. The molecule has 2 heterocycles. The molecule has 0 saturated carbocycles. The minimum atomic E-state index is -0.743. The van der Waals surface area contributed by atoms with E-state index in [-0.39, 0.29) is 23.9 Å². The number of nitrogens with one attached hydrogen (secondary N) is 2. The third kappa shape index (κ3) is 7.46. The summed E-state index contributed by atoms with van der Waals surface area (Å²) < 4.78 is 0. The lowest BCUT2D eigenvalue weighted by atomic mass is 9.82. The molecular formula is C29H33N5O2. The van der Waals surface area contributed by atoms with Gasteiger partial charge < -0.3 is 21.5 Å². The van der Waals surface area contributed by atoms with E-state index in [4.69, 9.17) is 5.73 Å². The minimum Gasteiger partial charge on any atom is -0.388 e. The number of aromatic nitrogens is 2. The van der Waals surface area contributed by atoms with Crippen LogP contribution in [0.15, 0.2) is 109 Å². The van der Waals surface area contributed by atoms with Crippen molar-refractivity contribution >= 4 is 11.7 Å². The number of hydrogen-bond donors (Lipinski definition) is 4. The fourth-order valence-corrected chi connectivity index (χ4v) is 3.82. The molecule has 2 aromatic carbocycles. The number of rotatable bonds is 8. The highest BCUT2D eigenvalue weighted by molar-refractivity contribution is 5.80. The second-order valence-corrected chi connectivity index (χ2v) is 8.29. The van der Waals surface area contributed by atoms with Gasteiger partial charge in [0.05, 0.1) is 24.1 Å². The summed E-state index contributed by atoms with van der Waals surface area (Å²) >= 11 is 0. The Morgan fingerprint density at radius 1 is 0.806 bits per heavy atom. The van der Waals surface area contributed by atoms with Crippen LogP contribution in [0.3, 0.4) is 0 Å². The molecule has 0 aliphatic carbocycles. The zero-order chi connectivity index (χ0) is 25.8. The average Bonchev–Trinajstić information content (AvgIpc) is 2.94. The van der Waals surface area contributed by atoms with Crippen LogP contribution < -0.4 is 16.4 Å². The molecule has 186 valence electrons. The van der Waals surface area contributed by atoms with Crippen molar-refractivity contribution in [1.82, 2.24) is 15.3 Å². The van der Waals surface area contributed by atoms with Gasteiger partial charge in [0.15, 0.2) is 0 Å². The highest BCUT2D eigenvalue weighted by atomic mass is 16.3. The van der Waals surface area contributed by atoms with Gasteiger partial charge in [-0.15, -0.1) is 0 Å². The van der Waals surface area contributed by atoms with Crippen molar-refractivity contribution in [1.29, 1.82) is 0 Å². The zero-order valence-corrected chi connectivity index (χ0v) is 20.5. The summed E-state index contributed by atoms with van der Waals surface area (Å²) in [5.74, 6) is 0.311. The quantitative estimate of drug-likeness (QED) is 0.298. The number of carbonyl (C=O) groups excluding carboxylic acids is 1. The molecule has 0 spiro atoms. The van der Waals surface area contributed by atoms with E-state index < -0.39 is 6.10 Å². The molecule has 2 aromatic heterocycles. The fraction of sp³-hybridized carbons (Fsp3) is 0.207. The normalized spacial score (nSPS) is 13.8. The van der Waals surface area contributed by atoms with Crippen molar-refractivity contribution in [2.75, 3.05) is 12.4 Å². The standard InChI is InChI=1S/C25H23N3O.C4H10N2O/c29-25(20-13-5-2-6-14-20)23(21-15-7-9-17-26-21)24(19-11-3-1-4-12-19)28-22-16-8-10-18-27-22;1-3(5)4(7)6-2/h1-18,23-25,29H,(H,27,28);3H,5H2,1-2H3,(H,6,7). The van der Waals surface area contributed by atoms with Gasteiger partial charge in [-0.1, -0.05) is 72.8 Å². The molecule has 0 aliphatic rings. The van der Waals surface area contributed by atoms with Crippen molar-refractivity contribution < 1.29 is 9.90 Å². The lowest BCUT2D eigenvalue weighted by molar-refractivity contribution is -0.121.